The van der Waals surface area contributed by atoms with E-state index in [-0.39, 0.29) is 0 Å². The number of rotatable bonds is 5. The van der Waals surface area contributed by atoms with E-state index in [9.17, 15) is 4.79 Å². The van der Waals surface area contributed by atoms with Crippen LogP contribution in [0.1, 0.15) is 35.7 Å². The lowest BCUT2D eigenvalue weighted by molar-refractivity contribution is 0.0696. The van der Waals surface area contributed by atoms with Crippen molar-refractivity contribution in [2.24, 2.45) is 0 Å². The van der Waals surface area contributed by atoms with Crippen LogP contribution in [0.5, 0.6) is 0 Å². The molecular weight excluding hydrogens is 202 g/mol. The summed E-state index contributed by atoms with van der Waals surface area (Å²) in [5.74, 6) is -0.851. The Balaban J connectivity index is 2.07. The van der Waals surface area contributed by atoms with Crippen molar-refractivity contribution in [2.45, 2.75) is 32.4 Å². The fraction of sp³-hybridized carbons (Fsp3) is 0.462. The average molecular weight is 219 g/mol. The lowest BCUT2D eigenvalue weighted by atomic mass is 10.1. The molecule has 86 valence electrons. The molecule has 0 radical (unpaired) electrons. The molecule has 1 fully saturated rings. The van der Waals surface area contributed by atoms with Crippen LogP contribution in [-0.2, 0) is 6.54 Å². The average Bonchev–Trinajstić information content (AvgIpc) is 3.10. The van der Waals surface area contributed by atoms with Gasteiger partial charge in [0.05, 0.1) is 5.56 Å². The lowest BCUT2D eigenvalue weighted by Crippen LogP contribution is -2.25. The van der Waals surface area contributed by atoms with Gasteiger partial charge in [0, 0.05) is 12.6 Å². The number of carboxylic acids is 1. The van der Waals surface area contributed by atoms with E-state index in [1.165, 1.54) is 12.8 Å². The largest absolute Gasteiger partial charge is 0.478 e. The van der Waals surface area contributed by atoms with E-state index in [1.807, 2.05) is 12.1 Å². The zero-order valence-electron chi connectivity index (χ0n) is 9.52. The molecule has 1 N–H and O–H groups in total. The van der Waals surface area contributed by atoms with Crippen LogP contribution < -0.4 is 0 Å². The zero-order valence-corrected chi connectivity index (χ0v) is 9.52. The maximum absolute atomic E-state index is 10.8. The maximum Gasteiger partial charge on any atom is 0.335 e. The molecule has 3 nitrogen and oxygen atoms in total. The van der Waals surface area contributed by atoms with Crippen LogP contribution >= 0.6 is 0 Å². The normalized spacial score (nSPS) is 15.4. The van der Waals surface area contributed by atoms with Crippen LogP contribution in [0.15, 0.2) is 24.3 Å². The van der Waals surface area contributed by atoms with Crippen molar-refractivity contribution < 1.29 is 9.90 Å². The second kappa shape index (κ2) is 4.66. The Labute approximate surface area is 95.7 Å². The van der Waals surface area contributed by atoms with Gasteiger partial charge in [-0.1, -0.05) is 19.1 Å². The molecule has 0 atom stereocenters. The van der Waals surface area contributed by atoms with E-state index in [0.29, 0.717) is 5.56 Å². The standard InChI is InChI=1S/C13H17NO2/c1-2-14(12-6-7-12)9-10-4-3-5-11(8-10)13(15)16/h3-5,8,12H,2,6-7,9H2,1H3,(H,15,16). The Bertz CT molecular complexity index is 385. The van der Waals surface area contributed by atoms with Gasteiger partial charge in [0.1, 0.15) is 0 Å². The summed E-state index contributed by atoms with van der Waals surface area (Å²) in [5, 5.41) is 8.91. The van der Waals surface area contributed by atoms with Gasteiger partial charge >= 0.3 is 5.97 Å². The van der Waals surface area contributed by atoms with Crippen molar-refractivity contribution in [1.29, 1.82) is 0 Å². The Morgan fingerprint density at radius 1 is 1.50 bits per heavy atom. The van der Waals surface area contributed by atoms with Crippen molar-refractivity contribution in [3.8, 4) is 0 Å². The van der Waals surface area contributed by atoms with Gasteiger partial charge in [-0.05, 0) is 37.1 Å². The van der Waals surface area contributed by atoms with Gasteiger partial charge < -0.3 is 5.11 Å². The first-order chi connectivity index (χ1) is 7.70. The first kappa shape index (κ1) is 11.1. The Kier molecular flexibility index (Phi) is 3.25. The molecule has 0 aliphatic heterocycles. The molecule has 1 saturated carbocycles. The monoisotopic (exact) mass is 219 g/mol. The van der Waals surface area contributed by atoms with E-state index in [2.05, 4.69) is 11.8 Å². The van der Waals surface area contributed by atoms with E-state index in [1.54, 1.807) is 12.1 Å². The third-order valence-electron chi connectivity index (χ3n) is 3.03. The van der Waals surface area contributed by atoms with Gasteiger partial charge in [-0.15, -0.1) is 0 Å². The number of carboxylic acid groups (broad SMARTS) is 1. The molecule has 1 aliphatic carbocycles. The summed E-state index contributed by atoms with van der Waals surface area (Å²) in [6.07, 6.45) is 2.57. The summed E-state index contributed by atoms with van der Waals surface area (Å²) in [6.45, 7) is 4.05. The van der Waals surface area contributed by atoms with Crippen molar-refractivity contribution in [3.05, 3.63) is 35.4 Å². The van der Waals surface area contributed by atoms with Crippen molar-refractivity contribution in [2.75, 3.05) is 6.54 Å². The van der Waals surface area contributed by atoms with Crippen LogP contribution in [-0.4, -0.2) is 28.6 Å². The number of aromatic carboxylic acids is 1. The molecule has 0 saturated heterocycles. The third kappa shape index (κ3) is 2.61. The van der Waals surface area contributed by atoms with Crippen LogP contribution in [0, 0.1) is 0 Å². The topological polar surface area (TPSA) is 40.5 Å². The minimum Gasteiger partial charge on any atom is -0.478 e. The summed E-state index contributed by atoms with van der Waals surface area (Å²) in [5.41, 5.74) is 1.47. The van der Waals surface area contributed by atoms with Gasteiger partial charge in [-0.25, -0.2) is 4.79 Å². The van der Waals surface area contributed by atoms with E-state index >= 15 is 0 Å². The highest BCUT2D eigenvalue weighted by Gasteiger charge is 2.27. The molecule has 3 heteroatoms. The van der Waals surface area contributed by atoms with Crippen LogP contribution in [0.4, 0.5) is 0 Å². The molecule has 0 unspecified atom stereocenters. The molecule has 0 bridgehead atoms. The van der Waals surface area contributed by atoms with Gasteiger partial charge in [0.15, 0.2) is 0 Å². The maximum atomic E-state index is 10.8. The summed E-state index contributed by atoms with van der Waals surface area (Å²) in [7, 11) is 0. The highest BCUT2D eigenvalue weighted by atomic mass is 16.4. The van der Waals surface area contributed by atoms with Crippen LogP contribution in [0.25, 0.3) is 0 Å². The fourth-order valence-electron chi connectivity index (χ4n) is 1.98. The molecule has 16 heavy (non-hydrogen) atoms. The first-order valence-electron chi connectivity index (χ1n) is 5.77. The summed E-state index contributed by atoms with van der Waals surface area (Å²) < 4.78 is 0. The summed E-state index contributed by atoms with van der Waals surface area (Å²) in [4.78, 5) is 13.2. The first-order valence-corrected chi connectivity index (χ1v) is 5.77. The molecule has 0 spiro atoms. The number of hydrogen-bond acceptors (Lipinski definition) is 2. The van der Waals surface area contributed by atoms with E-state index in [0.717, 1.165) is 24.7 Å². The molecule has 1 aromatic carbocycles. The smallest absolute Gasteiger partial charge is 0.335 e. The second-order valence-electron chi connectivity index (χ2n) is 4.30. The molecule has 1 aromatic rings. The van der Waals surface area contributed by atoms with Gasteiger partial charge in [0.2, 0.25) is 0 Å². The third-order valence-corrected chi connectivity index (χ3v) is 3.03. The number of benzene rings is 1. The Morgan fingerprint density at radius 3 is 2.81 bits per heavy atom. The highest BCUT2D eigenvalue weighted by molar-refractivity contribution is 5.87. The number of hydrogen-bond donors (Lipinski definition) is 1. The van der Waals surface area contributed by atoms with Crippen molar-refractivity contribution in [1.82, 2.24) is 4.90 Å². The van der Waals surface area contributed by atoms with Crippen molar-refractivity contribution >= 4 is 5.97 Å². The van der Waals surface area contributed by atoms with E-state index < -0.39 is 5.97 Å². The second-order valence-corrected chi connectivity index (χ2v) is 4.30. The van der Waals surface area contributed by atoms with Gasteiger partial charge in [-0.2, -0.15) is 0 Å². The van der Waals surface area contributed by atoms with Gasteiger partial charge in [0.25, 0.3) is 0 Å². The minimum atomic E-state index is -0.851. The molecule has 1 aliphatic rings. The summed E-state index contributed by atoms with van der Waals surface area (Å²) in [6, 6.07) is 7.95. The molecule has 2 rings (SSSR count). The number of carbonyl (C=O) groups is 1. The SMILES string of the molecule is CCN(Cc1cccc(C(=O)O)c1)C1CC1. The molecular formula is C13H17NO2. The van der Waals surface area contributed by atoms with Crippen LogP contribution in [0.3, 0.4) is 0 Å². The minimum absolute atomic E-state index is 0.379. The lowest BCUT2D eigenvalue weighted by Gasteiger charge is -2.19. The molecule has 0 heterocycles. The zero-order chi connectivity index (χ0) is 11.5. The van der Waals surface area contributed by atoms with Crippen molar-refractivity contribution in [3.63, 3.8) is 0 Å². The molecule has 0 amide bonds. The quantitative estimate of drug-likeness (QED) is 0.826. The highest BCUT2D eigenvalue weighted by Crippen LogP contribution is 2.27. The van der Waals surface area contributed by atoms with Crippen LogP contribution in [0.2, 0.25) is 0 Å². The predicted molar refractivity (Wildman–Crippen MR) is 62.5 cm³/mol. The number of nitrogens with zero attached hydrogens (tertiary/aromatic N) is 1. The predicted octanol–water partition coefficient (Wildman–Crippen LogP) is 2.37. The summed E-state index contributed by atoms with van der Waals surface area (Å²) >= 11 is 0. The Morgan fingerprint density at radius 2 is 2.25 bits per heavy atom. The Hall–Kier alpha value is -1.35. The van der Waals surface area contributed by atoms with Gasteiger partial charge in [-0.3, -0.25) is 4.90 Å². The van der Waals surface area contributed by atoms with E-state index in [4.69, 9.17) is 5.11 Å². The fourth-order valence-corrected chi connectivity index (χ4v) is 1.98. The molecule has 0 aromatic heterocycles.